The molecule has 16 nitrogen and oxygen atoms in total. The highest BCUT2D eigenvalue weighted by Gasteiger charge is 2.52. The average molecular weight is 584 g/mol. The van der Waals surface area contributed by atoms with Gasteiger partial charge in [0.2, 0.25) is 11.8 Å². The summed E-state index contributed by atoms with van der Waals surface area (Å²) in [5.74, 6) is 1.27. The van der Waals surface area contributed by atoms with Crippen LogP contribution in [-0.4, -0.2) is 102 Å². The summed E-state index contributed by atoms with van der Waals surface area (Å²) in [5.41, 5.74) is 1.03. The quantitative estimate of drug-likeness (QED) is 0.277. The van der Waals surface area contributed by atoms with Gasteiger partial charge in [0.1, 0.15) is 0 Å². The fourth-order valence-electron chi connectivity index (χ4n) is 5.94. The number of anilines is 2. The Labute approximate surface area is 242 Å². The number of hydrogen-bond acceptors (Lipinski definition) is 14. The van der Waals surface area contributed by atoms with Gasteiger partial charge in [-0.2, -0.15) is 14.8 Å². The van der Waals surface area contributed by atoms with E-state index in [1.165, 1.54) is 17.6 Å². The minimum Gasteiger partial charge on any atom is -0.457 e. The number of hydrogen-bond donors (Lipinski definition) is 2. The summed E-state index contributed by atoms with van der Waals surface area (Å²) < 4.78 is 18.9. The molecule has 3 aliphatic rings. The van der Waals surface area contributed by atoms with Crippen molar-refractivity contribution in [1.82, 2.24) is 44.6 Å². The SMILES string of the molecule is CC(C)n1nnc([C@H]2O[C@@H](n3cnc4c(NC5CCCC5)nc(NCCN5CCCC5)nc43)[C@H](OC=O)[C@@H]2OC=O)n1. The van der Waals surface area contributed by atoms with Gasteiger partial charge in [-0.1, -0.05) is 12.8 Å². The molecule has 3 aromatic heterocycles. The van der Waals surface area contributed by atoms with Gasteiger partial charge >= 0.3 is 0 Å². The van der Waals surface area contributed by atoms with Crippen LogP contribution in [0, 0.1) is 0 Å². The molecule has 0 amide bonds. The first-order valence-corrected chi connectivity index (χ1v) is 14.7. The van der Waals surface area contributed by atoms with Crippen LogP contribution in [0.3, 0.4) is 0 Å². The summed E-state index contributed by atoms with van der Waals surface area (Å²) in [5, 5.41) is 19.5. The van der Waals surface area contributed by atoms with Gasteiger partial charge in [0.05, 0.1) is 12.4 Å². The van der Waals surface area contributed by atoms with Gasteiger partial charge in [0, 0.05) is 19.1 Å². The van der Waals surface area contributed by atoms with Gasteiger partial charge < -0.3 is 29.7 Å². The molecule has 226 valence electrons. The maximum atomic E-state index is 11.6. The molecule has 3 fully saturated rings. The average Bonchev–Trinajstić information content (AvgIpc) is 3.80. The topological polar surface area (TPSA) is 176 Å². The van der Waals surface area contributed by atoms with Crippen molar-refractivity contribution in [2.75, 3.05) is 36.8 Å². The Hall–Kier alpha value is -3.92. The monoisotopic (exact) mass is 583 g/mol. The molecule has 0 aromatic carbocycles. The van der Waals surface area contributed by atoms with Crippen LogP contribution < -0.4 is 10.6 Å². The van der Waals surface area contributed by atoms with Gasteiger partial charge in [0.25, 0.3) is 12.9 Å². The second-order valence-corrected chi connectivity index (χ2v) is 11.2. The van der Waals surface area contributed by atoms with Crippen molar-refractivity contribution in [2.45, 2.75) is 89.0 Å². The van der Waals surface area contributed by atoms with Crippen molar-refractivity contribution in [3.8, 4) is 0 Å². The number of fused-ring (bicyclic) bond motifs is 1. The molecule has 0 radical (unpaired) electrons. The molecule has 16 heteroatoms. The number of nitrogens with one attached hydrogen (secondary N) is 2. The minimum absolute atomic E-state index is 0.0487. The number of likely N-dealkylation sites (tertiary alicyclic amines) is 1. The van der Waals surface area contributed by atoms with E-state index in [0.29, 0.717) is 42.0 Å². The molecule has 1 saturated carbocycles. The fourth-order valence-corrected chi connectivity index (χ4v) is 5.94. The highest BCUT2D eigenvalue weighted by atomic mass is 16.6. The highest BCUT2D eigenvalue weighted by molar-refractivity contribution is 5.84. The maximum absolute atomic E-state index is 11.6. The maximum Gasteiger partial charge on any atom is 0.293 e. The number of ether oxygens (including phenoxy) is 3. The molecule has 0 spiro atoms. The first-order chi connectivity index (χ1) is 20.6. The Morgan fingerprint density at radius 1 is 1.07 bits per heavy atom. The Morgan fingerprint density at radius 2 is 1.83 bits per heavy atom. The zero-order valence-corrected chi connectivity index (χ0v) is 23.8. The minimum atomic E-state index is -1.03. The third kappa shape index (κ3) is 5.72. The Morgan fingerprint density at radius 3 is 2.55 bits per heavy atom. The highest BCUT2D eigenvalue weighted by Crippen LogP contribution is 2.42. The standard InChI is InChI=1S/C26H37N11O5/c1-16(2)37-33-23(32-34-37)20-19(40-14-38)21(41-15-39)25(42-20)36-13-28-18-22(29-17-7-3-4-8-17)30-26(31-24(18)36)27-9-12-35-10-5-6-11-35/h13-17,19-21,25H,3-12H2,1-2H3,(H2,27,29,30,31)/t19-,20+,21-,25-/m1/s1. The predicted octanol–water partition coefficient (Wildman–Crippen LogP) is 1.61. The lowest BCUT2D eigenvalue weighted by atomic mass is 10.1. The van der Waals surface area contributed by atoms with Gasteiger partial charge in [-0.05, 0) is 57.8 Å². The zero-order chi connectivity index (χ0) is 29.1. The van der Waals surface area contributed by atoms with Crippen LogP contribution >= 0.6 is 0 Å². The lowest BCUT2D eigenvalue weighted by Crippen LogP contribution is -2.34. The summed E-state index contributed by atoms with van der Waals surface area (Å²) in [6.45, 7) is 8.19. The molecule has 5 heterocycles. The largest absolute Gasteiger partial charge is 0.457 e. The normalized spacial score (nSPS) is 24.9. The summed E-state index contributed by atoms with van der Waals surface area (Å²) >= 11 is 0. The fraction of sp³-hybridized carbons (Fsp3) is 0.692. The second kappa shape index (κ2) is 12.5. The van der Waals surface area contributed by atoms with E-state index in [2.05, 4.69) is 35.9 Å². The summed E-state index contributed by atoms with van der Waals surface area (Å²) in [4.78, 5) is 41.2. The molecule has 4 atom stereocenters. The Bertz CT molecular complexity index is 1370. The molecule has 1 aliphatic carbocycles. The van der Waals surface area contributed by atoms with Crippen molar-refractivity contribution in [2.24, 2.45) is 0 Å². The Kier molecular flexibility index (Phi) is 8.41. The molecular weight excluding hydrogens is 546 g/mol. The number of carbonyl (C=O) groups is 2. The molecule has 42 heavy (non-hydrogen) atoms. The van der Waals surface area contributed by atoms with Gasteiger partial charge in [-0.3, -0.25) is 14.2 Å². The zero-order valence-electron chi connectivity index (χ0n) is 23.8. The molecule has 2 saturated heterocycles. The van der Waals surface area contributed by atoms with Gasteiger partial charge in [0.15, 0.2) is 41.5 Å². The van der Waals surface area contributed by atoms with Gasteiger partial charge in [-0.25, -0.2) is 4.98 Å². The predicted molar refractivity (Wildman–Crippen MR) is 148 cm³/mol. The van der Waals surface area contributed by atoms with E-state index in [1.54, 1.807) is 10.9 Å². The Balaban J connectivity index is 1.34. The number of rotatable bonds is 13. The number of imidazole rings is 1. The van der Waals surface area contributed by atoms with Crippen LogP contribution in [0.5, 0.6) is 0 Å². The summed E-state index contributed by atoms with van der Waals surface area (Å²) in [7, 11) is 0. The van der Waals surface area contributed by atoms with Crippen LogP contribution in [0.1, 0.15) is 76.6 Å². The molecule has 3 aromatic rings. The van der Waals surface area contributed by atoms with Crippen LogP contribution in [0.25, 0.3) is 11.2 Å². The first-order valence-electron chi connectivity index (χ1n) is 14.7. The van der Waals surface area contributed by atoms with Crippen molar-refractivity contribution in [3.63, 3.8) is 0 Å². The number of tetrazole rings is 1. The molecule has 0 bridgehead atoms. The second-order valence-electron chi connectivity index (χ2n) is 11.2. The van der Waals surface area contributed by atoms with Crippen molar-refractivity contribution >= 4 is 35.9 Å². The summed E-state index contributed by atoms with van der Waals surface area (Å²) in [6.07, 6.45) is 4.49. The summed E-state index contributed by atoms with van der Waals surface area (Å²) in [6, 6.07) is 0.247. The van der Waals surface area contributed by atoms with E-state index in [9.17, 15) is 9.59 Å². The van der Waals surface area contributed by atoms with Crippen molar-refractivity contribution in [3.05, 3.63) is 12.2 Å². The van der Waals surface area contributed by atoms with E-state index < -0.39 is 24.5 Å². The van der Waals surface area contributed by atoms with Crippen molar-refractivity contribution < 1.29 is 23.8 Å². The molecule has 6 rings (SSSR count). The van der Waals surface area contributed by atoms with Crippen molar-refractivity contribution in [1.29, 1.82) is 0 Å². The van der Waals surface area contributed by atoms with E-state index >= 15 is 0 Å². The smallest absolute Gasteiger partial charge is 0.293 e. The van der Waals surface area contributed by atoms with E-state index in [1.807, 2.05) is 13.8 Å². The van der Waals surface area contributed by atoms with E-state index in [-0.39, 0.29) is 18.3 Å². The first kappa shape index (κ1) is 28.2. The van der Waals surface area contributed by atoms with Crippen LogP contribution in [0.4, 0.5) is 11.8 Å². The molecule has 2 aliphatic heterocycles. The van der Waals surface area contributed by atoms with Crippen LogP contribution in [0.15, 0.2) is 6.33 Å². The lowest BCUT2D eigenvalue weighted by Gasteiger charge is -2.21. The third-order valence-corrected chi connectivity index (χ3v) is 8.08. The molecule has 0 unspecified atom stereocenters. The van der Waals surface area contributed by atoms with Crippen LogP contribution in [0.2, 0.25) is 0 Å². The number of aromatic nitrogens is 8. The van der Waals surface area contributed by atoms with Gasteiger partial charge in [-0.15, -0.1) is 10.2 Å². The lowest BCUT2D eigenvalue weighted by molar-refractivity contribution is -0.151. The number of nitrogens with zero attached hydrogens (tertiary/aromatic N) is 9. The molecule has 2 N–H and O–H groups in total. The third-order valence-electron chi connectivity index (χ3n) is 8.08. The van der Waals surface area contributed by atoms with Crippen LogP contribution in [-0.2, 0) is 23.8 Å². The van der Waals surface area contributed by atoms with E-state index in [0.717, 1.165) is 45.3 Å². The van der Waals surface area contributed by atoms with E-state index in [4.69, 9.17) is 24.2 Å². The molecular formula is C26H37N11O5. The number of carbonyl (C=O) groups excluding carboxylic acids is 2.